The molecule has 0 unspecified atom stereocenters. The number of alkyl halides is 3. The maximum absolute atomic E-state index is 12.6. The van der Waals surface area contributed by atoms with Gasteiger partial charge in [-0.3, -0.25) is 4.99 Å². The molecule has 1 heterocycles. The Bertz CT molecular complexity index is 625. The van der Waals surface area contributed by atoms with Crippen LogP contribution in [-0.2, 0) is 10.0 Å². The van der Waals surface area contributed by atoms with E-state index in [0.717, 1.165) is 12.5 Å². The molecule has 3 fully saturated rings. The van der Waals surface area contributed by atoms with E-state index in [1.54, 1.807) is 7.05 Å². The van der Waals surface area contributed by atoms with Crippen molar-refractivity contribution >= 4 is 40.0 Å². The van der Waals surface area contributed by atoms with Gasteiger partial charge in [-0.2, -0.15) is 17.5 Å². The van der Waals surface area contributed by atoms with Crippen LogP contribution in [0.3, 0.4) is 0 Å². The summed E-state index contributed by atoms with van der Waals surface area (Å²) in [4.78, 5) is 4.18. The summed E-state index contributed by atoms with van der Waals surface area (Å²) in [6.45, 7) is 0.601. The van der Waals surface area contributed by atoms with Gasteiger partial charge in [-0.15, -0.1) is 24.0 Å². The number of halogens is 4. The number of nitrogens with zero attached hydrogens (tertiary/aromatic N) is 2. The Morgan fingerprint density at radius 2 is 1.77 bits per heavy atom. The zero-order chi connectivity index (χ0) is 18.3. The summed E-state index contributed by atoms with van der Waals surface area (Å²) < 4.78 is 61.2. The van der Waals surface area contributed by atoms with Gasteiger partial charge in [-0.1, -0.05) is 0 Å². The molecule has 26 heavy (non-hydrogen) atoms. The van der Waals surface area contributed by atoms with E-state index in [0.29, 0.717) is 28.5 Å². The van der Waals surface area contributed by atoms with Crippen LogP contribution in [0.25, 0.3) is 0 Å². The zero-order valence-corrected chi connectivity index (χ0v) is 17.8. The van der Waals surface area contributed by atoms with Gasteiger partial charge in [0.1, 0.15) is 0 Å². The summed E-state index contributed by atoms with van der Waals surface area (Å²) in [7, 11) is -3.56. The van der Waals surface area contributed by atoms with Crippen LogP contribution < -0.4 is 10.6 Å². The average Bonchev–Trinajstić information content (AvgIpc) is 3.44. The number of hydrogen-bond donors (Lipinski definition) is 2. The molecule has 6 nitrogen and oxygen atoms in total. The van der Waals surface area contributed by atoms with E-state index in [2.05, 4.69) is 15.6 Å². The highest BCUT2D eigenvalue weighted by atomic mass is 127. The fourth-order valence-corrected chi connectivity index (χ4v) is 4.60. The quantitative estimate of drug-likeness (QED) is 0.338. The Balaban J connectivity index is 0.00000243. The van der Waals surface area contributed by atoms with Crippen molar-refractivity contribution in [3.63, 3.8) is 0 Å². The van der Waals surface area contributed by atoms with E-state index in [1.165, 1.54) is 25.7 Å². The molecule has 0 atom stereocenters. The maximum Gasteiger partial charge on any atom is 0.511 e. The predicted molar refractivity (Wildman–Crippen MR) is 104 cm³/mol. The topological polar surface area (TPSA) is 73.8 Å². The minimum atomic E-state index is -5.23. The Labute approximate surface area is 169 Å². The Morgan fingerprint density at radius 3 is 2.19 bits per heavy atom. The van der Waals surface area contributed by atoms with Crippen molar-refractivity contribution in [3.05, 3.63) is 0 Å². The van der Waals surface area contributed by atoms with Gasteiger partial charge < -0.3 is 10.6 Å². The fraction of sp³-hybridized carbons (Fsp3) is 0.933. The van der Waals surface area contributed by atoms with E-state index in [4.69, 9.17) is 0 Å². The predicted octanol–water partition coefficient (Wildman–Crippen LogP) is 2.27. The van der Waals surface area contributed by atoms with Gasteiger partial charge in [0.25, 0.3) is 0 Å². The molecule has 1 saturated heterocycles. The van der Waals surface area contributed by atoms with Crippen molar-refractivity contribution in [3.8, 4) is 0 Å². The highest BCUT2D eigenvalue weighted by Gasteiger charge is 2.53. The molecule has 3 aliphatic rings. The molecular formula is C15H26F3IN4O2S. The van der Waals surface area contributed by atoms with Crippen LogP contribution >= 0.6 is 24.0 Å². The van der Waals surface area contributed by atoms with Crippen molar-refractivity contribution in [1.82, 2.24) is 14.9 Å². The molecule has 11 heteroatoms. The molecule has 152 valence electrons. The maximum atomic E-state index is 12.6. The third-order valence-electron chi connectivity index (χ3n) is 5.59. The number of aliphatic imine (C=N–C) groups is 1. The highest BCUT2D eigenvalue weighted by Crippen LogP contribution is 2.60. The number of hydrogen-bond acceptors (Lipinski definition) is 3. The lowest BCUT2D eigenvalue weighted by Gasteiger charge is -2.32. The van der Waals surface area contributed by atoms with Gasteiger partial charge in [0.2, 0.25) is 0 Å². The number of piperidine rings is 1. The summed E-state index contributed by atoms with van der Waals surface area (Å²) in [5.74, 6) is 1.47. The summed E-state index contributed by atoms with van der Waals surface area (Å²) in [5.41, 5.74) is -4.81. The van der Waals surface area contributed by atoms with Crippen LogP contribution in [0.4, 0.5) is 13.2 Å². The van der Waals surface area contributed by atoms with Crippen LogP contribution in [-0.4, -0.2) is 56.9 Å². The number of sulfonamides is 1. The van der Waals surface area contributed by atoms with Gasteiger partial charge in [-0.05, 0) is 49.9 Å². The van der Waals surface area contributed by atoms with Crippen molar-refractivity contribution in [2.45, 2.75) is 50.1 Å². The Kier molecular flexibility index (Phi) is 6.75. The van der Waals surface area contributed by atoms with Crippen LogP contribution in [0, 0.1) is 11.3 Å². The van der Waals surface area contributed by atoms with E-state index in [-0.39, 0.29) is 43.1 Å². The van der Waals surface area contributed by atoms with Gasteiger partial charge in [0, 0.05) is 32.7 Å². The van der Waals surface area contributed by atoms with Gasteiger partial charge >= 0.3 is 15.5 Å². The van der Waals surface area contributed by atoms with E-state index in [9.17, 15) is 21.6 Å². The Morgan fingerprint density at radius 1 is 1.19 bits per heavy atom. The smallest absolute Gasteiger partial charge is 0.356 e. The number of rotatable bonds is 5. The van der Waals surface area contributed by atoms with Crippen LogP contribution in [0.5, 0.6) is 0 Å². The molecule has 3 rings (SSSR count). The van der Waals surface area contributed by atoms with Gasteiger partial charge in [-0.25, -0.2) is 8.42 Å². The first-order chi connectivity index (χ1) is 11.7. The first-order valence-electron chi connectivity index (χ1n) is 8.71. The largest absolute Gasteiger partial charge is 0.511 e. The molecule has 0 spiro atoms. The molecule has 2 N–H and O–H groups in total. The van der Waals surface area contributed by atoms with Crippen molar-refractivity contribution < 1.29 is 21.6 Å². The molecule has 0 bridgehead atoms. The van der Waals surface area contributed by atoms with Gasteiger partial charge in [0.05, 0.1) is 0 Å². The van der Waals surface area contributed by atoms with Crippen molar-refractivity contribution in [2.75, 3.05) is 26.7 Å². The highest BCUT2D eigenvalue weighted by molar-refractivity contribution is 14.0. The monoisotopic (exact) mass is 510 g/mol. The van der Waals surface area contributed by atoms with Crippen molar-refractivity contribution in [1.29, 1.82) is 0 Å². The summed E-state index contributed by atoms with van der Waals surface area (Å²) in [6, 6.07) is -0.0815. The average molecular weight is 510 g/mol. The molecule has 0 aromatic carbocycles. The molecular weight excluding hydrogens is 484 g/mol. The molecule has 0 radical (unpaired) electrons. The normalized spacial score (nSPS) is 24.7. The van der Waals surface area contributed by atoms with E-state index in [1.807, 2.05) is 0 Å². The van der Waals surface area contributed by atoms with E-state index >= 15 is 0 Å². The summed E-state index contributed by atoms with van der Waals surface area (Å²) in [6.07, 6.45) is 5.75. The second-order valence-corrected chi connectivity index (χ2v) is 9.26. The standard InChI is InChI=1S/C15H25F3N4O2S.HI/c1-19-13(20-10-14(6-7-14)11-2-3-11)21-12-4-8-22(9-5-12)25(23,24)15(16,17)18;/h11-12H,2-10H2,1H3,(H2,19,20,21);1H. The number of nitrogens with one attached hydrogen (secondary N) is 2. The summed E-state index contributed by atoms with van der Waals surface area (Å²) >= 11 is 0. The Hall–Kier alpha value is -0.300. The second kappa shape index (κ2) is 7.98. The first kappa shape index (κ1) is 22.0. The fourth-order valence-electron chi connectivity index (χ4n) is 3.62. The lowest BCUT2D eigenvalue weighted by Crippen LogP contribution is -2.52. The van der Waals surface area contributed by atoms with E-state index < -0.39 is 15.5 Å². The third kappa shape index (κ3) is 4.75. The molecule has 2 aliphatic carbocycles. The lowest BCUT2D eigenvalue weighted by atomic mass is 10.0. The first-order valence-corrected chi connectivity index (χ1v) is 10.2. The molecule has 1 aliphatic heterocycles. The molecule has 2 saturated carbocycles. The van der Waals surface area contributed by atoms with Crippen LogP contribution in [0.15, 0.2) is 4.99 Å². The number of guanidine groups is 1. The summed E-state index contributed by atoms with van der Waals surface area (Å²) in [5, 5.41) is 6.55. The second-order valence-electron chi connectivity index (χ2n) is 7.33. The zero-order valence-electron chi connectivity index (χ0n) is 14.7. The van der Waals surface area contributed by atoms with Crippen LogP contribution in [0.1, 0.15) is 38.5 Å². The molecule has 0 aromatic rings. The molecule has 0 aromatic heterocycles. The minimum Gasteiger partial charge on any atom is -0.356 e. The molecule has 0 amide bonds. The van der Waals surface area contributed by atoms with Crippen LogP contribution in [0.2, 0.25) is 0 Å². The van der Waals surface area contributed by atoms with Crippen molar-refractivity contribution in [2.24, 2.45) is 16.3 Å². The minimum absolute atomic E-state index is 0. The third-order valence-corrected chi connectivity index (χ3v) is 7.22. The lowest BCUT2D eigenvalue weighted by molar-refractivity contribution is -0.0494. The van der Waals surface area contributed by atoms with Gasteiger partial charge in [0.15, 0.2) is 5.96 Å². The SMILES string of the molecule is CN=C(NCC1(C2CC2)CC1)NC1CCN(S(=O)(=O)C(F)(F)F)CC1.I.